The fourth-order valence-corrected chi connectivity index (χ4v) is 16.2. The molecule has 2 aliphatic rings. The van der Waals surface area contributed by atoms with Crippen LogP contribution in [-0.4, -0.2) is 274 Å². The fraction of sp³-hybridized carbons (Fsp3) is 0.422. The largest absolute Gasteiger partial charge is 0.494 e. The zero-order valence-corrected chi connectivity index (χ0v) is 78.1. The molecule has 12 aromatic rings. The maximum Gasteiger partial charge on any atom is 0.276 e. The lowest BCUT2D eigenvalue weighted by Gasteiger charge is -2.41. The van der Waals surface area contributed by atoms with Gasteiger partial charge >= 0.3 is 0 Å². The van der Waals surface area contributed by atoms with Crippen LogP contribution < -0.4 is 74.6 Å². The summed E-state index contributed by atoms with van der Waals surface area (Å²) in [5.74, 6) is -3.34. The normalized spacial score (nSPS) is 18.3. The summed E-state index contributed by atoms with van der Waals surface area (Å²) in [6.45, 7) is 16.4. The number of carbonyl (C=O) groups is 8. The topological polar surface area (TPSA) is 657 Å². The summed E-state index contributed by atoms with van der Waals surface area (Å²) in [5, 5.41) is 70.9. The number of aromatic nitrogens is 16. The summed E-state index contributed by atoms with van der Waals surface area (Å²) < 4.78 is 71.0. The van der Waals surface area contributed by atoms with Crippen LogP contribution in [0.5, 0.6) is 23.0 Å². The van der Waals surface area contributed by atoms with Crippen molar-refractivity contribution in [3.63, 3.8) is 0 Å². The molecule has 10 heterocycles. The molecular formula is C90H114N26O22. The number of aryl methyl sites for hydroxylation is 8. The third-order valence-corrected chi connectivity index (χ3v) is 22.9. The van der Waals surface area contributed by atoms with Crippen LogP contribution in [0.3, 0.4) is 0 Å². The molecule has 0 radical (unpaired) electrons. The molecule has 8 aromatic heterocycles. The van der Waals surface area contributed by atoms with Crippen LogP contribution >= 0.6 is 0 Å². The highest BCUT2D eigenvalue weighted by molar-refractivity contribution is 6.08. The Morgan fingerprint density at radius 2 is 0.688 bits per heavy atom. The van der Waals surface area contributed by atoms with Gasteiger partial charge in [-0.15, -0.1) is 0 Å². The van der Waals surface area contributed by atoms with E-state index in [1.165, 1.54) is 77.0 Å². The molecule has 0 spiro atoms. The average Bonchev–Trinajstić information content (AvgIpc) is 1.63. The van der Waals surface area contributed by atoms with Gasteiger partial charge in [0.05, 0.1) is 98.1 Å². The zero-order chi connectivity index (χ0) is 99.4. The van der Waals surface area contributed by atoms with E-state index in [1.54, 1.807) is 113 Å². The lowest BCUT2D eigenvalue weighted by Crippen LogP contribution is -2.63. The van der Waals surface area contributed by atoms with Crippen molar-refractivity contribution in [3.8, 4) is 23.0 Å². The van der Waals surface area contributed by atoms with Crippen LogP contribution in [0.4, 0.5) is 23.8 Å². The highest BCUT2D eigenvalue weighted by atomic mass is 16.7. The van der Waals surface area contributed by atoms with Gasteiger partial charge in [-0.1, -0.05) is 24.3 Å². The number of nitrogens with zero attached hydrogens (tertiary/aromatic N) is 16. The quantitative estimate of drug-likeness (QED) is 0.0193. The SMILES string of the molecule is CCn1nc(C)cc1C(=O)Nc1nc2cc(C(N)=O)cc(OC)c2n1C/C=C/Cn1c(NC(=O)c2cc(C)nn2CC)nc2cc(C(N)=O)cc(OCCCO[C@H]3[C@@H](OC)O[C@H](CN)[C@@H](O)[C@@H]3O)c21.CCn1nc(C)cc1C(=O)Nc1nc2cc(C(N)=O)cc(OC)c2n1C/C=C/Cn1c(NC(=O)c2cc(C)nn2CC)nc2cc(C(N)=O)cc(OCCCO[C@H]3[C@@H](OC)O[C@H](CO)[C@@H](N)[C@@H]3O)c21. The second-order valence-corrected chi connectivity index (χ2v) is 32.2. The molecule has 48 nitrogen and oxygen atoms in total. The molecule has 2 aliphatic heterocycles. The average molecular weight is 1910 g/mol. The minimum atomic E-state index is -1.34. The van der Waals surface area contributed by atoms with E-state index in [9.17, 15) is 58.8 Å². The molecule has 10 atom stereocenters. The number of benzene rings is 4. The van der Waals surface area contributed by atoms with Crippen LogP contribution in [0.2, 0.25) is 0 Å². The van der Waals surface area contributed by atoms with Crippen molar-refractivity contribution in [2.45, 2.75) is 182 Å². The first-order chi connectivity index (χ1) is 66.2. The molecule has 2 saturated heterocycles. The molecule has 0 aliphatic carbocycles. The van der Waals surface area contributed by atoms with E-state index in [2.05, 4.69) is 51.6 Å². The zero-order valence-electron chi connectivity index (χ0n) is 78.1. The van der Waals surface area contributed by atoms with Gasteiger partial charge in [0.25, 0.3) is 23.6 Å². The summed E-state index contributed by atoms with van der Waals surface area (Å²) in [7, 11) is 5.65. The molecule has 48 heteroatoms. The fourth-order valence-electron chi connectivity index (χ4n) is 16.2. The van der Waals surface area contributed by atoms with Crippen LogP contribution in [-0.2, 0) is 80.8 Å². The Bertz CT molecular complexity index is 6180. The summed E-state index contributed by atoms with van der Waals surface area (Å²) in [4.78, 5) is 124. The third-order valence-electron chi connectivity index (χ3n) is 22.9. The van der Waals surface area contributed by atoms with E-state index in [-0.39, 0.29) is 152 Å². The van der Waals surface area contributed by atoms with E-state index in [1.807, 2.05) is 27.7 Å². The molecule has 0 unspecified atom stereocenters. The number of aliphatic hydroxyl groups is 4. The summed E-state index contributed by atoms with van der Waals surface area (Å²) in [5.41, 5.74) is 41.9. The first kappa shape index (κ1) is 101. The van der Waals surface area contributed by atoms with Crippen molar-refractivity contribution in [1.29, 1.82) is 0 Å². The number of fused-ring (bicyclic) bond motifs is 4. The Balaban J connectivity index is 0.000000233. The predicted octanol–water partition coefficient (Wildman–Crippen LogP) is 3.22. The minimum absolute atomic E-state index is 0.0321. The Kier molecular flexibility index (Phi) is 32.6. The highest BCUT2D eigenvalue weighted by Gasteiger charge is 2.46. The van der Waals surface area contributed by atoms with E-state index in [4.69, 9.17) is 91.7 Å². The number of hydrogen-bond acceptors (Lipinski definition) is 32. The van der Waals surface area contributed by atoms with E-state index in [0.29, 0.717) is 105 Å². The number of amides is 8. The van der Waals surface area contributed by atoms with Crippen molar-refractivity contribution in [2.75, 3.05) is 89.3 Å². The number of methoxy groups -OCH3 is 4. The van der Waals surface area contributed by atoms with Crippen LogP contribution in [0.15, 0.2) is 97.1 Å². The first-order valence-corrected chi connectivity index (χ1v) is 44.3. The number of primary amides is 4. The van der Waals surface area contributed by atoms with Gasteiger partial charge in [0, 0.05) is 108 Å². The summed E-state index contributed by atoms with van der Waals surface area (Å²) >= 11 is 0. The predicted molar refractivity (Wildman–Crippen MR) is 500 cm³/mol. The van der Waals surface area contributed by atoms with E-state index in [0.717, 1.165) is 0 Å². The maximum absolute atomic E-state index is 13.9. The number of allylic oxidation sites excluding steroid dienone is 4. The molecule has 0 bridgehead atoms. The van der Waals surface area contributed by atoms with Crippen molar-refractivity contribution in [2.24, 2.45) is 34.4 Å². The maximum atomic E-state index is 13.9. The molecule has 20 N–H and O–H groups in total. The number of nitrogens with two attached hydrogens (primary N) is 6. The molecule has 736 valence electrons. The number of carbonyl (C=O) groups excluding carboxylic acids is 8. The number of hydrogen-bond donors (Lipinski definition) is 14. The summed E-state index contributed by atoms with van der Waals surface area (Å²) in [6.07, 6.45) is -1.75. The number of aliphatic hydroxyl groups excluding tert-OH is 4. The molecule has 14 rings (SSSR count). The van der Waals surface area contributed by atoms with Crippen molar-refractivity contribution < 1.29 is 106 Å². The molecule has 2 fully saturated rings. The second-order valence-electron chi connectivity index (χ2n) is 32.2. The summed E-state index contributed by atoms with van der Waals surface area (Å²) in [6, 6.07) is 17.7. The van der Waals surface area contributed by atoms with E-state index < -0.39 is 115 Å². The Hall–Kier alpha value is -14.4. The number of nitrogens with one attached hydrogen (secondary N) is 4. The van der Waals surface area contributed by atoms with Crippen LogP contribution in [0.25, 0.3) is 44.1 Å². The first-order valence-electron chi connectivity index (χ1n) is 44.3. The highest BCUT2D eigenvalue weighted by Crippen LogP contribution is 2.38. The van der Waals surface area contributed by atoms with E-state index >= 15 is 0 Å². The minimum Gasteiger partial charge on any atom is -0.494 e. The number of rotatable bonds is 42. The van der Waals surface area contributed by atoms with Crippen molar-refractivity contribution in [1.82, 2.24) is 77.3 Å². The van der Waals surface area contributed by atoms with Gasteiger partial charge in [-0.05, 0) is 128 Å². The molecule has 0 saturated carbocycles. The Morgan fingerprint density at radius 3 is 0.957 bits per heavy atom. The molecule has 4 aromatic carbocycles. The van der Waals surface area contributed by atoms with Gasteiger partial charge in [-0.3, -0.25) is 78.4 Å². The van der Waals surface area contributed by atoms with Gasteiger partial charge in [0.1, 0.15) is 111 Å². The Morgan fingerprint density at radius 1 is 0.406 bits per heavy atom. The number of anilines is 4. The lowest BCUT2D eigenvalue weighted by molar-refractivity contribution is -0.297. The van der Waals surface area contributed by atoms with Gasteiger partial charge < -0.3 is 120 Å². The van der Waals surface area contributed by atoms with Crippen molar-refractivity contribution in [3.05, 3.63) is 165 Å². The van der Waals surface area contributed by atoms with Gasteiger partial charge in [0.15, 0.2) is 12.6 Å². The number of imidazole rings is 4. The standard InChI is InChI=1S/2C45H57N13O11/c1-7-57-29(16-23(3)53-57)41(63)51-44-49-27-18-25(39(47)61)20-31(65-5)35(27)55(44)12-9-10-13-56-36-28(50-45(56)52-42(64)30-17-24(4)54-58(30)8-2)19-26(40(48)62)21-32(36)67-14-11-15-68-38-37(60)34(46)33(22-59)69-43(38)66-6;1-7-57-29(16-23(3)53-57)41(63)51-44-49-27-18-25(39(47)61)20-31(65-5)34(27)55(44)12-9-10-13-56-35-28(50-45(56)52-42(64)30-17-24(4)54-58(30)8-2)19-26(40(48)62)21-32(35)67-14-11-15-68-38-37(60)36(59)33(22-46)69-43(38)66-6/h9-10,16-21,33-34,37-38,43,59-60H,7-8,11-15,22,46H2,1-6H3,(H2,47,61)(H2,48,62)(H,49,51,63)(H,50,52,64);9-10,16-21,33,36-38,43,59-60H,7-8,11-15,22,46H2,1-6H3,(H2,47,61)(H2,48,62)(H,49,51,63)(H,50,52,64)/b2*10-9+/t33-,34-,37+,38-,43+;33-,36-,37+,38-,43+/m11/s1. The smallest absolute Gasteiger partial charge is 0.276 e. The molecule has 138 heavy (non-hydrogen) atoms. The molecular weight excluding hydrogens is 1800 g/mol. The van der Waals surface area contributed by atoms with Gasteiger partial charge in [0.2, 0.25) is 47.4 Å². The molecule has 8 amide bonds. The lowest BCUT2D eigenvalue weighted by atomic mass is 9.97. The monoisotopic (exact) mass is 1910 g/mol. The van der Waals surface area contributed by atoms with Crippen LogP contribution in [0.1, 0.15) is 147 Å². The number of ether oxygens (including phenoxy) is 10. The Labute approximate surface area is 788 Å². The second kappa shape index (κ2) is 44.6. The van der Waals surface area contributed by atoms with Crippen LogP contribution in [0, 0.1) is 27.7 Å². The third kappa shape index (κ3) is 22.0. The van der Waals surface area contributed by atoms with Gasteiger partial charge in [-0.25, -0.2) is 19.9 Å². The van der Waals surface area contributed by atoms with Crippen molar-refractivity contribution >= 4 is 115 Å². The van der Waals surface area contributed by atoms with Gasteiger partial charge in [-0.2, -0.15) is 20.4 Å².